The monoisotopic (exact) mass is 81.0 g/mol. The molecule has 3 heteroatoms. The van der Waals surface area contributed by atoms with Crippen molar-refractivity contribution in [3.63, 3.8) is 0 Å². The van der Waals surface area contributed by atoms with Gasteiger partial charge >= 0.3 is 0 Å². The first-order chi connectivity index (χ1) is 2.27. The Hall–Kier alpha value is -0.180. The maximum atomic E-state index is 10.5. The largest absolute Gasteiger partial charge is 0.259 e. The molecule has 0 spiro atoms. The maximum Gasteiger partial charge on any atom is 0.259 e. The van der Waals surface area contributed by atoms with E-state index in [9.17, 15) is 8.78 Å². The van der Waals surface area contributed by atoms with Gasteiger partial charge in [-0.25, -0.2) is 8.78 Å². The minimum atomic E-state index is -2.53. The van der Waals surface area contributed by atoms with Crippen LogP contribution in [0.25, 0.3) is 0 Å². The Labute approximate surface area is 28.2 Å². The normalized spacial score (nSPS) is 15.0. The van der Waals surface area contributed by atoms with Gasteiger partial charge in [-0.2, -0.15) is 5.11 Å². The van der Waals surface area contributed by atoms with Crippen LogP contribution in [0, 0.1) is 0 Å². The molecule has 31 valence electrons. The Morgan fingerprint density at radius 1 is 1.80 bits per heavy atom. The van der Waals surface area contributed by atoms with Crippen molar-refractivity contribution in [1.82, 2.24) is 0 Å². The zero-order valence-corrected chi connectivity index (χ0v) is 2.45. The summed E-state index contributed by atoms with van der Waals surface area (Å²) in [6.07, 6.45) is -2.53. The fourth-order valence-electron chi connectivity index (χ4n) is 0. The topological polar surface area (TPSA) is 19.9 Å². The molecule has 1 atom stereocenters. The summed E-state index contributed by atoms with van der Waals surface area (Å²) in [7, 11) is 0. The van der Waals surface area contributed by atoms with Crippen molar-refractivity contribution in [2.75, 3.05) is 6.67 Å². The van der Waals surface area contributed by atoms with Gasteiger partial charge in [-0.1, -0.05) is 0 Å². The zero-order chi connectivity index (χ0) is 4.28. The lowest BCUT2D eigenvalue weighted by Gasteiger charge is -1.78. The molecule has 0 aliphatic rings. The predicted octanol–water partition coefficient (Wildman–Crippen LogP) is 0.682. The van der Waals surface area contributed by atoms with Crippen LogP contribution >= 0.6 is 0 Å². The molecule has 0 heterocycles. The van der Waals surface area contributed by atoms with Gasteiger partial charge in [0.15, 0.2) is 0 Å². The first-order valence-corrected chi connectivity index (χ1v) is 1.13. The molecule has 1 nitrogen and oxygen atoms in total. The first-order valence-electron chi connectivity index (χ1n) is 1.13. The van der Waals surface area contributed by atoms with Crippen LogP contribution in [-0.4, -0.2) is 13.0 Å². The Bertz CT molecular complexity index is 21.6. The molecule has 5 heavy (non-hydrogen) atoms. The Morgan fingerprint density at radius 2 is 2.00 bits per heavy atom. The van der Waals surface area contributed by atoms with Crippen molar-refractivity contribution >= 4 is 0 Å². The summed E-state index contributed by atoms with van der Waals surface area (Å²) >= 11 is 0. The number of hydrogen-bond acceptors (Lipinski definition) is 0. The van der Waals surface area contributed by atoms with E-state index in [0.29, 0.717) is 0 Å². The van der Waals surface area contributed by atoms with Crippen molar-refractivity contribution in [1.29, 1.82) is 0 Å². The number of alkyl halides is 2. The van der Waals surface area contributed by atoms with E-state index in [0.717, 1.165) is 0 Å². The summed E-state index contributed by atoms with van der Waals surface area (Å²) in [6, 6.07) is 0. The molecule has 0 fully saturated rings. The molecule has 1 unspecified atom stereocenters. The highest BCUT2D eigenvalue weighted by Gasteiger charge is 1.94. The van der Waals surface area contributed by atoms with Gasteiger partial charge < -0.3 is 0 Å². The smallest absolute Gasteiger partial charge is 0.245 e. The molecule has 0 aliphatic carbocycles. The van der Waals surface area contributed by atoms with E-state index in [4.69, 9.17) is 5.11 Å². The third-order valence-corrected chi connectivity index (χ3v) is 0.121. The number of rotatable bonds is 1. The third-order valence-electron chi connectivity index (χ3n) is 0.121. The average Bonchev–Trinajstić information content (AvgIpc) is 1.38. The minimum absolute atomic E-state index is 1.42. The van der Waals surface area contributed by atoms with Crippen LogP contribution < -0.4 is 0 Å². The van der Waals surface area contributed by atoms with Gasteiger partial charge in [0.05, 0.1) is 0 Å². The highest BCUT2D eigenvalue weighted by Crippen LogP contribution is 1.81. The quantitative estimate of drug-likeness (QED) is 0.442. The van der Waals surface area contributed by atoms with Crippen LogP contribution in [0.1, 0.15) is 0 Å². The predicted molar refractivity (Wildman–Crippen MR) is 11.6 cm³/mol. The lowest BCUT2D eigenvalue weighted by atomic mass is 10.8. The Kier molecular flexibility index (Phi) is 2.01. The van der Waals surface area contributed by atoms with E-state index in [1.165, 1.54) is 0 Å². The van der Waals surface area contributed by atoms with E-state index in [-0.39, 0.29) is 0 Å². The summed E-state index contributed by atoms with van der Waals surface area (Å²) in [5, 5.41) is 8.85. The second-order valence-electron chi connectivity index (χ2n) is 0.564. The van der Waals surface area contributed by atoms with Gasteiger partial charge in [0.25, 0.3) is 6.36 Å². The van der Waals surface area contributed by atoms with Crippen LogP contribution in [0.2, 0.25) is 0 Å². The molecule has 0 rings (SSSR count). The maximum absolute atomic E-state index is 10.5. The second-order valence-corrected chi connectivity index (χ2v) is 0.564. The van der Waals surface area contributed by atoms with Crippen LogP contribution in [0.4, 0.5) is 8.78 Å². The molecular weight excluding hydrogens is 78.0 g/mol. The summed E-state index contributed by atoms with van der Waals surface area (Å²) < 4.78 is 20.9. The molecule has 0 bridgehead atoms. The molecule has 0 saturated carbocycles. The summed E-state index contributed by atoms with van der Waals surface area (Å²) in [5.74, 6) is 0. The lowest BCUT2D eigenvalue weighted by molar-refractivity contribution is -0.0384. The highest BCUT2D eigenvalue weighted by atomic mass is 19.2. The average molecular weight is 81.0 g/mol. The number of halogens is 2. The van der Waals surface area contributed by atoms with E-state index < -0.39 is 13.0 Å². The van der Waals surface area contributed by atoms with E-state index in [1.807, 2.05) is 0 Å². The highest BCUT2D eigenvalue weighted by molar-refractivity contribution is 4.22. The Balaban J connectivity index is 2.54. The van der Waals surface area contributed by atoms with Crippen LogP contribution in [0.3, 0.4) is 0 Å². The van der Waals surface area contributed by atoms with Crippen LogP contribution in [0.5, 0.6) is 0 Å². The summed E-state index contributed by atoms with van der Waals surface area (Å²) in [5.41, 5.74) is 0. The molecular formula is C2H3F2O. The second kappa shape index (κ2) is 2.08. The Morgan fingerprint density at radius 3 is 2.00 bits per heavy atom. The third kappa shape index (κ3) is 3.82. The molecule has 0 saturated heterocycles. The van der Waals surface area contributed by atoms with Gasteiger partial charge in [-0.05, 0) is 0 Å². The SMILES string of the molecule is [O]C(F)CF. The molecule has 0 N–H and O–H groups in total. The minimum Gasteiger partial charge on any atom is -0.245 e. The van der Waals surface area contributed by atoms with Gasteiger partial charge in [0.1, 0.15) is 6.67 Å². The number of hydrogen-bond donors (Lipinski definition) is 0. The summed E-state index contributed by atoms with van der Waals surface area (Å²) in [4.78, 5) is 0. The molecule has 1 radical (unpaired) electrons. The molecule has 0 aromatic carbocycles. The summed E-state index contributed by atoms with van der Waals surface area (Å²) in [6.45, 7) is -1.42. The van der Waals surface area contributed by atoms with Crippen molar-refractivity contribution in [3.05, 3.63) is 0 Å². The van der Waals surface area contributed by atoms with Gasteiger partial charge in [0, 0.05) is 0 Å². The molecule has 0 aromatic rings. The van der Waals surface area contributed by atoms with Crippen molar-refractivity contribution in [2.45, 2.75) is 6.36 Å². The van der Waals surface area contributed by atoms with Crippen molar-refractivity contribution < 1.29 is 13.9 Å². The first kappa shape index (κ1) is 4.82. The fraction of sp³-hybridized carbons (Fsp3) is 1.00. The molecule has 0 amide bonds. The van der Waals surface area contributed by atoms with Crippen molar-refractivity contribution in [2.24, 2.45) is 0 Å². The van der Waals surface area contributed by atoms with Gasteiger partial charge in [-0.15, -0.1) is 0 Å². The van der Waals surface area contributed by atoms with Gasteiger partial charge in [0.2, 0.25) is 0 Å². The molecule has 0 aliphatic heterocycles. The van der Waals surface area contributed by atoms with Gasteiger partial charge in [-0.3, -0.25) is 0 Å². The zero-order valence-electron chi connectivity index (χ0n) is 2.45. The van der Waals surface area contributed by atoms with E-state index >= 15 is 0 Å². The van der Waals surface area contributed by atoms with E-state index in [1.54, 1.807) is 0 Å². The standard InChI is InChI=1S/C2H3F2O/c3-1-2(4)5/h2H,1H2. The lowest BCUT2D eigenvalue weighted by Crippen LogP contribution is -1.94. The van der Waals surface area contributed by atoms with Crippen LogP contribution in [0.15, 0.2) is 0 Å². The molecule has 0 aromatic heterocycles. The van der Waals surface area contributed by atoms with Crippen molar-refractivity contribution in [3.8, 4) is 0 Å². The van der Waals surface area contributed by atoms with E-state index in [2.05, 4.69) is 0 Å². The fourth-order valence-corrected chi connectivity index (χ4v) is 0. The van der Waals surface area contributed by atoms with Crippen LogP contribution in [-0.2, 0) is 5.11 Å².